The van der Waals surface area contributed by atoms with Crippen molar-refractivity contribution >= 4 is 17.9 Å². The summed E-state index contributed by atoms with van der Waals surface area (Å²) in [7, 11) is 0. The fraction of sp³-hybridized carbons (Fsp3) is 0.620. The first-order chi connectivity index (χ1) is 38.0. The summed E-state index contributed by atoms with van der Waals surface area (Å²) in [5, 5.41) is 0. The molecule has 0 bridgehead atoms. The van der Waals surface area contributed by atoms with Gasteiger partial charge in [-0.2, -0.15) is 0 Å². The fourth-order valence-corrected chi connectivity index (χ4v) is 8.22. The highest BCUT2D eigenvalue weighted by Gasteiger charge is 2.19. The third kappa shape index (κ3) is 62.0. The molecule has 77 heavy (non-hydrogen) atoms. The van der Waals surface area contributed by atoms with E-state index in [9.17, 15) is 14.4 Å². The van der Waals surface area contributed by atoms with Crippen LogP contribution in [0.15, 0.2) is 146 Å². The molecular formula is C71H114O6. The Morgan fingerprint density at radius 1 is 0.286 bits per heavy atom. The van der Waals surface area contributed by atoms with Crippen LogP contribution in [-0.4, -0.2) is 37.2 Å². The average molecular weight is 1060 g/mol. The molecule has 0 aromatic carbocycles. The Hall–Kier alpha value is -4.71. The van der Waals surface area contributed by atoms with Gasteiger partial charge in [-0.05, 0) is 122 Å². The molecule has 0 rings (SSSR count). The molecule has 0 aromatic rings. The molecule has 0 fully saturated rings. The van der Waals surface area contributed by atoms with Crippen LogP contribution in [0, 0.1) is 0 Å². The minimum Gasteiger partial charge on any atom is -0.462 e. The topological polar surface area (TPSA) is 78.9 Å². The van der Waals surface area contributed by atoms with Gasteiger partial charge >= 0.3 is 17.9 Å². The van der Waals surface area contributed by atoms with Crippen LogP contribution in [0.25, 0.3) is 0 Å². The Morgan fingerprint density at radius 2 is 0.558 bits per heavy atom. The van der Waals surface area contributed by atoms with Gasteiger partial charge < -0.3 is 14.2 Å². The summed E-state index contributed by atoms with van der Waals surface area (Å²) in [6, 6.07) is 0. The molecule has 0 N–H and O–H groups in total. The zero-order valence-corrected chi connectivity index (χ0v) is 49.7. The number of carbonyl (C=O) groups is 3. The maximum Gasteiger partial charge on any atom is 0.309 e. The highest BCUT2D eigenvalue weighted by atomic mass is 16.6. The molecule has 0 heterocycles. The summed E-state index contributed by atoms with van der Waals surface area (Å²) in [6.07, 6.45) is 91.6. The largest absolute Gasteiger partial charge is 0.462 e. The summed E-state index contributed by atoms with van der Waals surface area (Å²) in [4.78, 5) is 38.2. The molecule has 1 unspecified atom stereocenters. The predicted molar refractivity (Wildman–Crippen MR) is 334 cm³/mol. The number of rotatable bonds is 55. The SMILES string of the molecule is CC/C=C\C/C=C\C/C=C\C/C=C\C/C=C\C/C=C\CCCCCCCCC(=O)OCC(COC(=O)C/C=C\C/C=C\C/C=C\C/C=C\C/C=C\CC)OC(=O)CCCCCCCCCCC/C=C\CCCCCCCC. The summed E-state index contributed by atoms with van der Waals surface area (Å²) >= 11 is 0. The third-order valence-electron chi connectivity index (χ3n) is 12.8. The molecule has 0 aliphatic carbocycles. The van der Waals surface area contributed by atoms with E-state index in [-0.39, 0.29) is 31.6 Å². The van der Waals surface area contributed by atoms with E-state index in [0.29, 0.717) is 12.8 Å². The molecule has 0 aliphatic rings. The molecule has 0 amide bonds. The van der Waals surface area contributed by atoms with Gasteiger partial charge in [-0.25, -0.2) is 0 Å². The van der Waals surface area contributed by atoms with Gasteiger partial charge in [0.15, 0.2) is 6.10 Å². The monoisotopic (exact) mass is 1060 g/mol. The van der Waals surface area contributed by atoms with Crippen molar-refractivity contribution in [2.75, 3.05) is 13.2 Å². The van der Waals surface area contributed by atoms with Crippen LogP contribution in [0.1, 0.15) is 265 Å². The summed E-state index contributed by atoms with van der Waals surface area (Å²) in [5.41, 5.74) is 0. The minimum absolute atomic E-state index is 0.118. The second-order valence-corrected chi connectivity index (χ2v) is 20.2. The maximum atomic E-state index is 12.9. The minimum atomic E-state index is -0.833. The van der Waals surface area contributed by atoms with Crippen molar-refractivity contribution in [2.24, 2.45) is 0 Å². The highest BCUT2D eigenvalue weighted by molar-refractivity contribution is 5.72. The number of carbonyl (C=O) groups excluding carboxylic acids is 3. The van der Waals surface area contributed by atoms with E-state index in [0.717, 1.165) is 122 Å². The summed E-state index contributed by atoms with van der Waals surface area (Å²) < 4.78 is 16.8. The van der Waals surface area contributed by atoms with Crippen LogP contribution < -0.4 is 0 Å². The van der Waals surface area contributed by atoms with Crippen LogP contribution in [0.2, 0.25) is 0 Å². The van der Waals surface area contributed by atoms with Gasteiger partial charge in [0.25, 0.3) is 0 Å². The molecule has 1 atom stereocenters. The van der Waals surface area contributed by atoms with E-state index in [4.69, 9.17) is 14.2 Å². The molecule has 0 spiro atoms. The van der Waals surface area contributed by atoms with E-state index in [1.165, 1.54) is 103 Å². The Labute approximate surface area is 474 Å². The van der Waals surface area contributed by atoms with Gasteiger partial charge in [0, 0.05) is 12.8 Å². The van der Waals surface area contributed by atoms with Crippen molar-refractivity contribution in [3.63, 3.8) is 0 Å². The molecular weight excluding hydrogens is 949 g/mol. The van der Waals surface area contributed by atoms with E-state index in [2.05, 4.69) is 154 Å². The number of allylic oxidation sites excluding steroid dienone is 23. The Morgan fingerprint density at radius 3 is 0.922 bits per heavy atom. The molecule has 6 heteroatoms. The Bertz CT molecular complexity index is 1700. The quantitative estimate of drug-likeness (QED) is 0.0261. The number of unbranched alkanes of at least 4 members (excludes halogenated alkanes) is 21. The highest BCUT2D eigenvalue weighted by Crippen LogP contribution is 2.15. The first kappa shape index (κ1) is 72.3. The van der Waals surface area contributed by atoms with Gasteiger partial charge in [-0.3, -0.25) is 14.4 Å². The van der Waals surface area contributed by atoms with Gasteiger partial charge in [0.2, 0.25) is 0 Å². The van der Waals surface area contributed by atoms with Crippen molar-refractivity contribution in [1.29, 1.82) is 0 Å². The van der Waals surface area contributed by atoms with Crippen molar-refractivity contribution in [1.82, 2.24) is 0 Å². The maximum absolute atomic E-state index is 12.9. The second-order valence-electron chi connectivity index (χ2n) is 20.2. The van der Waals surface area contributed by atoms with E-state index < -0.39 is 12.1 Å². The van der Waals surface area contributed by atoms with Gasteiger partial charge in [-0.1, -0.05) is 269 Å². The summed E-state index contributed by atoms with van der Waals surface area (Å²) in [5.74, 6) is -1.07. The van der Waals surface area contributed by atoms with Gasteiger partial charge in [0.1, 0.15) is 13.2 Å². The van der Waals surface area contributed by atoms with E-state index in [1.54, 1.807) is 6.08 Å². The number of ether oxygens (including phenoxy) is 3. The van der Waals surface area contributed by atoms with Gasteiger partial charge in [0.05, 0.1) is 6.42 Å². The standard InChI is InChI=1S/C71H114O6/c1-4-7-10-13-16-19-22-25-28-30-32-33-34-35-36-37-39-40-43-46-49-52-55-58-61-64-70(73)76-67-68(66-75-69(72)63-60-57-54-51-48-45-42-27-24-21-18-15-12-9-6-3)77-71(74)65-62-59-56-53-50-47-44-41-38-31-29-26-23-20-17-14-11-8-5-2/h7,9-10,12,16,18-19,21,25-29,32-33,35-36,39-40,42,48,51,57,60,68H,4-6,8,11,13-15,17,20,22-24,30-31,34,37-38,41,43-47,49-50,52-56,58-59,61-67H2,1-3H3/b10-7-,12-9-,19-16-,21-18-,28-25-,29-26-,33-32-,36-35-,40-39-,42-27-,51-48-,60-57-. The van der Waals surface area contributed by atoms with E-state index >= 15 is 0 Å². The van der Waals surface area contributed by atoms with Crippen molar-refractivity contribution in [3.8, 4) is 0 Å². The Balaban J connectivity index is 4.49. The average Bonchev–Trinajstić information content (AvgIpc) is 3.43. The third-order valence-corrected chi connectivity index (χ3v) is 12.8. The van der Waals surface area contributed by atoms with Crippen LogP contribution in [0.4, 0.5) is 0 Å². The van der Waals surface area contributed by atoms with Gasteiger partial charge in [-0.15, -0.1) is 0 Å². The zero-order chi connectivity index (χ0) is 55.7. The van der Waals surface area contributed by atoms with Crippen LogP contribution in [0.5, 0.6) is 0 Å². The first-order valence-corrected chi connectivity index (χ1v) is 31.3. The second kappa shape index (κ2) is 63.8. The van der Waals surface area contributed by atoms with Crippen LogP contribution in [-0.2, 0) is 28.6 Å². The lowest BCUT2D eigenvalue weighted by Crippen LogP contribution is -2.30. The van der Waals surface area contributed by atoms with Crippen LogP contribution in [0.3, 0.4) is 0 Å². The lowest BCUT2D eigenvalue weighted by molar-refractivity contribution is -0.166. The lowest BCUT2D eigenvalue weighted by atomic mass is 10.1. The van der Waals surface area contributed by atoms with E-state index in [1.807, 2.05) is 6.08 Å². The molecule has 0 aromatic heterocycles. The van der Waals surface area contributed by atoms with Crippen LogP contribution >= 0.6 is 0 Å². The fourth-order valence-electron chi connectivity index (χ4n) is 8.22. The zero-order valence-electron chi connectivity index (χ0n) is 49.7. The molecule has 0 aliphatic heterocycles. The lowest BCUT2D eigenvalue weighted by Gasteiger charge is -2.18. The number of hydrogen-bond donors (Lipinski definition) is 0. The first-order valence-electron chi connectivity index (χ1n) is 31.3. The number of hydrogen-bond acceptors (Lipinski definition) is 6. The molecule has 0 radical (unpaired) electrons. The predicted octanol–water partition coefficient (Wildman–Crippen LogP) is 21.5. The number of esters is 3. The van der Waals surface area contributed by atoms with Crippen molar-refractivity contribution in [3.05, 3.63) is 146 Å². The Kier molecular flexibility index (Phi) is 59.9. The molecule has 434 valence electrons. The molecule has 0 saturated carbocycles. The summed E-state index contributed by atoms with van der Waals surface area (Å²) in [6.45, 7) is 6.31. The van der Waals surface area contributed by atoms with Crippen molar-refractivity contribution < 1.29 is 28.6 Å². The normalized spacial score (nSPS) is 13.1. The molecule has 6 nitrogen and oxygen atoms in total. The smallest absolute Gasteiger partial charge is 0.309 e. The van der Waals surface area contributed by atoms with Crippen molar-refractivity contribution in [2.45, 2.75) is 271 Å². The molecule has 0 saturated heterocycles.